The van der Waals surface area contributed by atoms with Gasteiger partial charge in [0.05, 0.1) is 12.2 Å². The van der Waals surface area contributed by atoms with Crippen LogP contribution in [0.25, 0.3) is 0 Å². The van der Waals surface area contributed by atoms with Crippen LogP contribution in [0.5, 0.6) is 5.75 Å². The van der Waals surface area contributed by atoms with E-state index in [0.29, 0.717) is 12.3 Å². The summed E-state index contributed by atoms with van der Waals surface area (Å²) in [5.41, 5.74) is 1.60. The van der Waals surface area contributed by atoms with Crippen LogP contribution in [0, 0.1) is 6.92 Å². The first-order valence-corrected chi connectivity index (χ1v) is 7.03. The largest absolute Gasteiger partial charge is 0.480 e. The second-order valence-corrected chi connectivity index (χ2v) is 5.09. The maximum atomic E-state index is 12.1. The predicted molar refractivity (Wildman–Crippen MR) is 78.7 cm³/mol. The van der Waals surface area contributed by atoms with Gasteiger partial charge in [0.25, 0.3) is 5.91 Å². The molecule has 0 aliphatic carbocycles. The maximum absolute atomic E-state index is 12.1. The van der Waals surface area contributed by atoms with Crippen LogP contribution in [0.3, 0.4) is 0 Å². The fourth-order valence-corrected chi connectivity index (χ4v) is 2.33. The molecule has 6 nitrogen and oxygen atoms in total. The number of aryl methyl sites for hydroxylation is 1. The number of para-hydroxylation sites is 1. The first-order chi connectivity index (χ1) is 10.0. The zero-order valence-corrected chi connectivity index (χ0v) is 12.3. The first-order valence-electron chi connectivity index (χ1n) is 7.03. The number of benzene rings is 1. The molecular formula is C15H20N2O4. The van der Waals surface area contributed by atoms with E-state index in [1.165, 1.54) is 0 Å². The van der Waals surface area contributed by atoms with E-state index in [4.69, 9.17) is 9.84 Å². The van der Waals surface area contributed by atoms with Crippen molar-refractivity contribution in [1.29, 1.82) is 0 Å². The number of carbonyl (C=O) groups excluding carboxylic acids is 1. The molecular weight excluding hydrogens is 272 g/mol. The van der Waals surface area contributed by atoms with Gasteiger partial charge >= 0.3 is 5.97 Å². The number of carboxylic acids is 1. The number of carbonyl (C=O) groups is 2. The lowest BCUT2D eigenvalue weighted by atomic mass is 10.1. The number of fused-ring (bicyclic) bond motifs is 1. The highest BCUT2D eigenvalue weighted by Gasteiger charge is 2.32. The second-order valence-electron chi connectivity index (χ2n) is 5.09. The van der Waals surface area contributed by atoms with E-state index in [0.717, 1.165) is 17.7 Å². The molecule has 1 unspecified atom stereocenters. The summed E-state index contributed by atoms with van der Waals surface area (Å²) in [5, 5.41) is 11.8. The predicted octanol–water partition coefficient (Wildman–Crippen LogP) is 1.17. The number of hydrogen-bond acceptors (Lipinski definition) is 4. The molecule has 1 aromatic rings. The van der Waals surface area contributed by atoms with Gasteiger partial charge in [-0.15, -0.1) is 0 Å². The van der Waals surface area contributed by atoms with Gasteiger partial charge in [-0.05, 0) is 25.0 Å². The van der Waals surface area contributed by atoms with E-state index in [2.05, 4.69) is 5.32 Å². The lowest BCUT2D eigenvalue weighted by Gasteiger charge is -2.35. The number of anilines is 1. The zero-order valence-electron chi connectivity index (χ0n) is 12.3. The molecule has 0 saturated carbocycles. The smallest absolute Gasteiger partial charge is 0.323 e. The molecule has 0 saturated heterocycles. The van der Waals surface area contributed by atoms with Gasteiger partial charge in [-0.3, -0.25) is 9.59 Å². The van der Waals surface area contributed by atoms with E-state index in [-0.39, 0.29) is 19.0 Å². The van der Waals surface area contributed by atoms with Crippen molar-refractivity contribution >= 4 is 17.6 Å². The molecule has 1 amide bonds. The van der Waals surface area contributed by atoms with Crippen LogP contribution < -0.4 is 15.0 Å². The summed E-state index contributed by atoms with van der Waals surface area (Å²) in [7, 11) is 0. The number of amides is 1. The minimum absolute atomic E-state index is 0.155. The molecule has 0 aromatic heterocycles. The third-order valence-corrected chi connectivity index (χ3v) is 3.35. The monoisotopic (exact) mass is 292 g/mol. The van der Waals surface area contributed by atoms with Crippen LogP contribution in [-0.4, -0.2) is 42.7 Å². The van der Waals surface area contributed by atoms with Crippen molar-refractivity contribution in [3.8, 4) is 5.75 Å². The molecule has 0 radical (unpaired) electrons. The van der Waals surface area contributed by atoms with Crippen LogP contribution in [0.4, 0.5) is 5.69 Å². The third-order valence-electron chi connectivity index (χ3n) is 3.35. The van der Waals surface area contributed by atoms with Gasteiger partial charge < -0.3 is 20.1 Å². The minimum Gasteiger partial charge on any atom is -0.480 e. The SMILES string of the molecule is CCCNC(=O)C1CN(CC(=O)O)c2cccc(C)c2O1. The van der Waals surface area contributed by atoms with Gasteiger partial charge in [-0.25, -0.2) is 0 Å². The standard InChI is InChI=1S/C15H20N2O4/c1-3-7-16-15(20)12-8-17(9-13(18)19)11-6-4-5-10(2)14(11)21-12/h4-6,12H,3,7-9H2,1-2H3,(H,16,20)(H,18,19). The number of hydrogen-bond donors (Lipinski definition) is 2. The number of nitrogens with one attached hydrogen (secondary N) is 1. The summed E-state index contributed by atoms with van der Waals surface area (Å²) < 4.78 is 5.79. The van der Waals surface area contributed by atoms with Gasteiger partial charge in [-0.2, -0.15) is 0 Å². The molecule has 1 heterocycles. The summed E-state index contributed by atoms with van der Waals surface area (Å²) in [6, 6.07) is 5.54. The lowest BCUT2D eigenvalue weighted by Crippen LogP contribution is -2.50. The molecule has 0 fully saturated rings. The Morgan fingerprint density at radius 3 is 2.90 bits per heavy atom. The Kier molecular flexibility index (Phi) is 4.67. The van der Waals surface area contributed by atoms with Gasteiger partial charge in [0.15, 0.2) is 6.10 Å². The summed E-state index contributed by atoms with van der Waals surface area (Å²) >= 11 is 0. The molecule has 1 aliphatic heterocycles. The minimum atomic E-state index is -0.933. The topological polar surface area (TPSA) is 78.9 Å². The average molecular weight is 292 g/mol. The highest BCUT2D eigenvalue weighted by Crippen LogP contribution is 2.36. The molecule has 2 N–H and O–H groups in total. The maximum Gasteiger partial charge on any atom is 0.323 e. The van der Waals surface area contributed by atoms with Crippen LogP contribution >= 0.6 is 0 Å². The summed E-state index contributed by atoms with van der Waals surface area (Å²) in [6.45, 7) is 4.51. The van der Waals surface area contributed by atoms with Crippen molar-refractivity contribution < 1.29 is 19.4 Å². The summed E-state index contributed by atoms with van der Waals surface area (Å²) in [5.74, 6) is -0.556. The van der Waals surface area contributed by atoms with Crippen LogP contribution in [0.1, 0.15) is 18.9 Å². The van der Waals surface area contributed by atoms with Crippen LogP contribution in [-0.2, 0) is 9.59 Å². The molecule has 114 valence electrons. The quantitative estimate of drug-likeness (QED) is 0.852. The number of nitrogens with zero attached hydrogens (tertiary/aromatic N) is 1. The van der Waals surface area contributed by atoms with E-state index in [1.807, 2.05) is 32.0 Å². The van der Waals surface area contributed by atoms with Crippen molar-refractivity contribution in [1.82, 2.24) is 5.32 Å². The first kappa shape index (κ1) is 15.2. The Morgan fingerprint density at radius 2 is 2.24 bits per heavy atom. The molecule has 0 bridgehead atoms. The second kappa shape index (κ2) is 6.47. The van der Waals surface area contributed by atoms with Gasteiger partial charge in [0.1, 0.15) is 12.3 Å². The number of carboxylic acid groups (broad SMARTS) is 1. The van der Waals surface area contributed by atoms with Crippen molar-refractivity contribution in [3.63, 3.8) is 0 Å². The Labute approximate surface area is 123 Å². The highest BCUT2D eigenvalue weighted by atomic mass is 16.5. The van der Waals surface area contributed by atoms with E-state index < -0.39 is 12.1 Å². The fraction of sp³-hybridized carbons (Fsp3) is 0.467. The van der Waals surface area contributed by atoms with Crippen LogP contribution in [0.15, 0.2) is 18.2 Å². The Morgan fingerprint density at radius 1 is 1.48 bits per heavy atom. The van der Waals surface area contributed by atoms with Crippen LogP contribution in [0.2, 0.25) is 0 Å². The Bertz CT molecular complexity index is 544. The molecule has 1 atom stereocenters. The normalized spacial score (nSPS) is 16.9. The number of rotatable bonds is 5. The Hall–Kier alpha value is -2.24. The van der Waals surface area contributed by atoms with Crippen molar-refractivity contribution in [3.05, 3.63) is 23.8 Å². The molecule has 2 rings (SSSR count). The Balaban J connectivity index is 2.25. The summed E-state index contributed by atoms with van der Waals surface area (Å²) in [6.07, 6.45) is 0.150. The van der Waals surface area contributed by atoms with Gasteiger partial charge in [0.2, 0.25) is 0 Å². The van der Waals surface area contributed by atoms with E-state index in [9.17, 15) is 9.59 Å². The zero-order chi connectivity index (χ0) is 15.4. The fourth-order valence-electron chi connectivity index (χ4n) is 2.33. The average Bonchev–Trinajstić information content (AvgIpc) is 2.45. The summed E-state index contributed by atoms with van der Waals surface area (Å²) in [4.78, 5) is 24.8. The van der Waals surface area contributed by atoms with Gasteiger partial charge in [-0.1, -0.05) is 19.1 Å². The lowest BCUT2D eigenvalue weighted by molar-refractivity contribution is -0.136. The van der Waals surface area contributed by atoms with Crippen molar-refractivity contribution in [2.75, 3.05) is 24.5 Å². The number of ether oxygens (including phenoxy) is 1. The molecule has 1 aliphatic rings. The molecule has 21 heavy (non-hydrogen) atoms. The van der Waals surface area contributed by atoms with E-state index in [1.54, 1.807) is 4.90 Å². The van der Waals surface area contributed by atoms with Crippen molar-refractivity contribution in [2.45, 2.75) is 26.4 Å². The third kappa shape index (κ3) is 3.45. The van der Waals surface area contributed by atoms with E-state index >= 15 is 0 Å². The van der Waals surface area contributed by atoms with Crippen molar-refractivity contribution in [2.24, 2.45) is 0 Å². The molecule has 1 aromatic carbocycles. The number of aliphatic carboxylic acids is 1. The molecule has 0 spiro atoms. The highest BCUT2D eigenvalue weighted by molar-refractivity contribution is 5.84. The molecule has 6 heteroatoms. The van der Waals surface area contributed by atoms with Gasteiger partial charge in [0, 0.05) is 6.54 Å².